The molecule has 0 aliphatic heterocycles. The molecule has 0 saturated heterocycles. The molecule has 0 radical (unpaired) electrons. The van der Waals surface area contributed by atoms with Crippen LogP contribution in [0.1, 0.15) is 25.5 Å². The molecule has 0 unspecified atom stereocenters. The van der Waals surface area contributed by atoms with Gasteiger partial charge in [-0.05, 0) is 51.0 Å². The minimum Gasteiger partial charge on any atom is -0.364 e. The second kappa shape index (κ2) is 5.31. The van der Waals surface area contributed by atoms with E-state index in [-0.39, 0.29) is 11.2 Å². The topological polar surface area (TPSA) is 59.8 Å². The summed E-state index contributed by atoms with van der Waals surface area (Å²) >= 11 is 6.30. The van der Waals surface area contributed by atoms with Gasteiger partial charge in [0, 0.05) is 11.2 Å². The third-order valence-corrected chi connectivity index (χ3v) is 4.71. The van der Waals surface area contributed by atoms with Crippen LogP contribution in [0.2, 0.25) is 5.02 Å². The fourth-order valence-electron chi connectivity index (χ4n) is 2.74. The van der Waals surface area contributed by atoms with Gasteiger partial charge in [0.25, 0.3) is 0 Å². The lowest BCUT2D eigenvalue weighted by Gasteiger charge is -2.17. The van der Waals surface area contributed by atoms with E-state index in [1.165, 1.54) is 4.57 Å². The number of anilines is 1. The highest BCUT2D eigenvalue weighted by molar-refractivity contribution is 6.32. The van der Waals surface area contributed by atoms with E-state index in [0.717, 1.165) is 23.9 Å². The molecule has 122 valence electrons. The van der Waals surface area contributed by atoms with Gasteiger partial charge in [0.05, 0.1) is 16.1 Å². The van der Waals surface area contributed by atoms with Gasteiger partial charge in [-0.15, -0.1) is 0 Å². The van der Waals surface area contributed by atoms with E-state index in [1.54, 1.807) is 12.1 Å². The number of para-hydroxylation sites is 1. The Hall–Kier alpha value is -2.40. The molecule has 1 aliphatic rings. The molecule has 0 amide bonds. The Morgan fingerprint density at radius 3 is 2.62 bits per heavy atom. The van der Waals surface area contributed by atoms with Crippen molar-refractivity contribution in [2.24, 2.45) is 0 Å². The van der Waals surface area contributed by atoms with Crippen LogP contribution in [0.5, 0.6) is 0 Å². The van der Waals surface area contributed by atoms with Crippen LogP contribution in [0, 0.1) is 6.92 Å². The highest BCUT2D eigenvalue weighted by atomic mass is 35.5. The van der Waals surface area contributed by atoms with Crippen LogP contribution in [-0.4, -0.2) is 20.1 Å². The summed E-state index contributed by atoms with van der Waals surface area (Å²) in [6, 6.07) is 11.1. The number of benzene rings is 1. The second-order valence-electron chi connectivity index (χ2n) is 6.54. The summed E-state index contributed by atoms with van der Waals surface area (Å²) in [7, 11) is 0. The summed E-state index contributed by atoms with van der Waals surface area (Å²) in [5.74, 6) is 0.589. The summed E-state index contributed by atoms with van der Waals surface area (Å²) in [5.41, 5.74) is 1.62. The highest BCUT2D eigenvalue weighted by Gasteiger charge is 2.38. The Morgan fingerprint density at radius 2 is 1.92 bits per heavy atom. The van der Waals surface area contributed by atoms with Gasteiger partial charge in [0.15, 0.2) is 5.65 Å². The van der Waals surface area contributed by atoms with E-state index in [4.69, 9.17) is 11.6 Å². The molecule has 1 saturated carbocycles. The van der Waals surface area contributed by atoms with Gasteiger partial charge in [0.2, 0.25) is 0 Å². The minimum absolute atomic E-state index is 0.0217. The zero-order chi connectivity index (χ0) is 16.9. The summed E-state index contributed by atoms with van der Waals surface area (Å²) < 4.78 is 1.48. The van der Waals surface area contributed by atoms with Crippen LogP contribution < -0.4 is 11.0 Å². The lowest BCUT2D eigenvalue weighted by molar-refractivity contribution is 0.814. The molecule has 1 N–H and O–H groups in total. The maximum atomic E-state index is 12.7. The molecule has 0 atom stereocenters. The van der Waals surface area contributed by atoms with Crippen LogP contribution in [0.25, 0.3) is 16.7 Å². The standard InChI is InChI=1S/C18H17ClN4O/c1-11-7-8-12-15(22-18(2)9-10-18)21-17(24)23(16(12)20-11)14-6-4-3-5-13(14)19/h3-8H,9-10H2,1-2H3,(H,21,22,24). The van der Waals surface area contributed by atoms with Crippen LogP contribution in [0.3, 0.4) is 0 Å². The first-order valence-electron chi connectivity index (χ1n) is 7.90. The number of hydrogen-bond acceptors (Lipinski definition) is 4. The van der Waals surface area contributed by atoms with E-state index in [9.17, 15) is 4.79 Å². The first kappa shape index (κ1) is 15.1. The average molecular weight is 341 g/mol. The number of nitrogens with one attached hydrogen (secondary N) is 1. The molecule has 0 spiro atoms. The molecular formula is C18H17ClN4O. The molecule has 4 rings (SSSR count). The van der Waals surface area contributed by atoms with E-state index >= 15 is 0 Å². The highest BCUT2D eigenvalue weighted by Crippen LogP contribution is 2.39. The number of pyridine rings is 1. The zero-order valence-corrected chi connectivity index (χ0v) is 14.3. The fraction of sp³-hybridized carbons (Fsp3) is 0.278. The summed E-state index contributed by atoms with van der Waals surface area (Å²) in [6.45, 7) is 4.03. The first-order chi connectivity index (χ1) is 11.5. The Bertz CT molecular complexity index is 1010. The largest absolute Gasteiger partial charge is 0.364 e. The third-order valence-electron chi connectivity index (χ3n) is 4.39. The summed E-state index contributed by atoms with van der Waals surface area (Å²) in [4.78, 5) is 21.6. The lowest BCUT2D eigenvalue weighted by Crippen LogP contribution is -2.27. The van der Waals surface area contributed by atoms with Crippen molar-refractivity contribution in [1.29, 1.82) is 0 Å². The van der Waals surface area contributed by atoms with E-state index in [0.29, 0.717) is 22.2 Å². The van der Waals surface area contributed by atoms with Gasteiger partial charge < -0.3 is 5.32 Å². The predicted octanol–water partition coefficient (Wildman–Crippen LogP) is 3.71. The smallest absolute Gasteiger partial charge is 0.355 e. The molecule has 24 heavy (non-hydrogen) atoms. The average Bonchev–Trinajstić information content (AvgIpc) is 3.26. The molecule has 1 aromatic carbocycles. The number of aromatic nitrogens is 3. The molecule has 1 aliphatic carbocycles. The molecule has 2 heterocycles. The van der Waals surface area contributed by atoms with Gasteiger partial charge in [-0.1, -0.05) is 23.7 Å². The molecule has 2 aromatic heterocycles. The molecule has 1 fully saturated rings. The number of fused-ring (bicyclic) bond motifs is 1. The van der Waals surface area contributed by atoms with Gasteiger partial charge in [0.1, 0.15) is 5.82 Å². The van der Waals surface area contributed by atoms with Crippen molar-refractivity contribution in [3.63, 3.8) is 0 Å². The van der Waals surface area contributed by atoms with Gasteiger partial charge in [-0.25, -0.2) is 14.3 Å². The SMILES string of the molecule is Cc1ccc2c(NC3(C)CC3)nc(=O)n(-c3ccccc3Cl)c2n1. The normalized spacial score (nSPS) is 15.5. The number of rotatable bonds is 3. The van der Waals surface area contributed by atoms with Crippen LogP contribution >= 0.6 is 11.6 Å². The van der Waals surface area contributed by atoms with Crippen molar-refractivity contribution >= 4 is 28.5 Å². The van der Waals surface area contributed by atoms with E-state index in [1.807, 2.05) is 31.2 Å². The molecule has 6 heteroatoms. The minimum atomic E-state index is -0.388. The lowest BCUT2D eigenvalue weighted by atomic mass is 10.2. The molecule has 0 bridgehead atoms. The summed E-state index contributed by atoms with van der Waals surface area (Å²) in [6.07, 6.45) is 2.14. The number of halogens is 1. The van der Waals surface area contributed by atoms with Crippen molar-refractivity contribution in [2.45, 2.75) is 32.2 Å². The van der Waals surface area contributed by atoms with Crippen molar-refractivity contribution < 1.29 is 0 Å². The second-order valence-corrected chi connectivity index (χ2v) is 6.95. The quantitative estimate of drug-likeness (QED) is 0.789. The third kappa shape index (κ3) is 2.55. The predicted molar refractivity (Wildman–Crippen MR) is 96.1 cm³/mol. The Morgan fingerprint density at radius 1 is 1.17 bits per heavy atom. The van der Waals surface area contributed by atoms with E-state index in [2.05, 4.69) is 22.2 Å². The number of aryl methyl sites for hydroxylation is 1. The van der Waals surface area contributed by atoms with Gasteiger partial charge in [-0.2, -0.15) is 4.98 Å². The van der Waals surface area contributed by atoms with Crippen LogP contribution in [-0.2, 0) is 0 Å². The Balaban J connectivity index is 2.03. The van der Waals surface area contributed by atoms with Crippen LogP contribution in [0.15, 0.2) is 41.2 Å². The maximum Gasteiger partial charge on any atom is 0.355 e. The van der Waals surface area contributed by atoms with Crippen molar-refractivity contribution in [2.75, 3.05) is 5.32 Å². The van der Waals surface area contributed by atoms with Crippen molar-refractivity contribution in [3.8, 4) is 5.69 Å². The van der Waals surface area contributed by atoms with Crippen molar-refractivity contribution in [3.05, 3.63) is 57.6 Å². The summed E-state index contributed by atoms with van der Waals surface area (Å²) in [5, 5.41) is 4.69. The Labute approximate surface area is 144 Å². The fourth-order valence-corrected chi connectivity index (χ4v) is 2.96. The molecule has 5 nitrogen and oxygen atoms in total. The monoisotopic (exact) mass is 340 g/mol. The van der Waals surface area contributed by atoms with E-state index < -0.39 is 0 Å². The maximum absolute atomic E-state index is 12.7. The zero-order valence-electron chi connectivity index (χ0n) is 13.5. The molecular weight excluding hydrogens is 324 g/mol. The van der Waals surface area contributed by atoms with Gasteiger partial charge >= 0.3 is 5.69 Å². The first-order valence-corrected chi connectivity index (χ1v) is 8.28. The van der Waals surface area contributed by atoms with Crippen molar-refractivity contribution in [1.82, 2.24) is 14.5 Å². The number of nitrogens with zero attached hydrogens (tertiary/aromatic N) is 3. The Kier molecular flexibility index (Phi) is 3.35. The van der Waals surface area contributed by atoms with Gasteiger partial charge in [-0.3, -0.25) is 0 Å². The number of hydrogen-bond donors (Lipinski definition) is 1. The van der Waals surface area contributed by atoms with Crippen LogP contribution in [0.4, 0.5) is 5.82 Å². The molecule has 3 aromatic rings.